The largest absolute Gasteiger partial charge is 0.480 e. The Hall–Kier alpha value is -2.61. The molecule has 3 unspecified atom stereocenters. The molecular weight excluding hydrogens is 557 g/mol. The van der Waals surface area contributed by atoms with E-state index >= 15 is 0 Å². The lowest BCUT2D eigenvalue weighted by molar-refractivity contribution is -0.144. The van der Waals surface area contributed by atoms with Gasteiger partial charge in [-0.3, -0.25) is 9.69 Å². The number of piperidine rings is 1. The topological polar surface area (TPSA) is 56.7 Å². The molecule has 0 spiro atoms. The van der Waals surface area contributed by atoms with E-state index in [1.807, 2.05) is 23.5 Å². The fourth-order valence-electron chi connectivity index (χ4n) is 7.62. The van der Waals surface area contributed by atoms with Crippen molar-refractivity contribution in [2.45, 2.75) is 83.1 Å². The van der Waals surface area contributed by atoms with Gasteiger partial charge in [0, 0.05) is 36.9 Å². The van der Waals surface area contributed by atoms with Gasteiger partial charge in [-0.1, -0.05) is 68.1 Å². The molecule has 1 aliphatic carbocycles. The van der Waals surface area contributed by atoms with Crippen LogP contribution in [0.4, 0.5) is 4.39 Å². The molecule has 1 aromatic heterocycles. The maximum atomic E-state index is 13.4. The number of hydrogen-bond acceptors (Lipinski definition) is 5. The molecule has 5 nitrogen and oxygen atoms in total. The van der Waals surface area contributed by atoms with E-state index in [2.05, 4.69) is 47.9 Å². The van der Waals surface area contributed by atoms with E-state index in [9.17, 15) is 14.3 Å². The normalized spacial score (nSPS) is 23.0. The average Bonchev–Trinajstić information content (AvgIpc) is 3.58. The number of hydrogen-bond donors (Lipinski definition) is 1. The Morgan fingerprint density at radius 2 is 1.86 bits per heavy atom. The van der Waals surface area contributed by atoms with Crippen LogP contribution in [0, 0.1) is 24.6 Å². The summed E-state index contributed by atoms with van der Waals surface area (Å²) in [5, 5.41) is 11.3. The third-order valence-electron chi connectivity index (χ3n) is 10.3. The van der Waals surface area contributed by atoms with Crippen LogP contribution in [0.5, 0.6) is 0 Å². The summed E-state index contributed by atoms with van der Waals surface area (Å²) in [6, 6.07) is 15.3. The van der Waals surface area contributed by atoms with Gasteiger partial charge in [0.15, 0.2) is 0 Å². The van der Waals surface area contributed by atoms with Crippen molar-refractivity contribution in [3.8, 4) is 0 Å². The molecule has 7 heteroatoms. The van der Waals surface area contributed by atoms with E-state index in [0.717, 1.165) is 75.4 Å². The Kier molecular flexibility index (Phi) is 9.60. The van der Waals surface area contributed by atoms with E-state index in [0.29, 0.717) is 23.7 Å². The number of carbonyl (C=O) groups is 1. The molecule has 2 aromatic carbocycles. The van der Waals surface area contributed by atoms with Crippen LogP contribution in [0.25, 0.3) is 0 Å². The number of carboxylic acid groups (broad SMARTS) is 1. The predicted octanol–water partition coefficient (Wildman–Crippen LogP) is 7.28. The van der Waals surface area contributed by atoms with E-state index in [1.165, 1.54) is 53.1 Å². The molecule has 2 aliphatic heterocycles. The Morgan fingerprint density at radius 1 is 1.09 bits per heavy atom. The van der Waals surface area contributed by atoms with Crippen molar-refractivity contribution in [2.75, 3.05) is 32.7 Å². The second kappa shape index (κ2) is 13.6. The summed E-state index contributed by atoms with van der Waals surface area (Å²) in [6.07, 6.45) is 8.38. The van der Waals surface area contributed by atoms with Crippen LogP contribution in [0.2, 0.25) is 0 Å². The first kappa shape index (κ1) is 30.4. The molecule has 3 atom stereocenters. The molecule has 0 bridgehead atoms. The van der Waals surface area contributed by atoms with Gasteiger partial charge in [-0.2, -0.15) is 0 Å². The lowest BCUT2D eigenvalue weighted by Crippen LogP contribution is -2.43. The van der Waals surface area contributed by atoms with Crippen molar-refractivity contribution < 1.29 is 14.3 Å². The Balaban J connectivity index is 1.11. The minimum absolute atomic E-state index is 0.199. The Morgan fingerprint density at radius 3 is 2.51 bits per heavy atom. The number of thiazole rings is 1. The molecule has 0 radical (unpaired) electrons. The number of nitrogens with zero attached hydrogens (tertiary/aromatic N) is 3. The van der Waals surface area contributed by atoms with Crippen LogP contribution < -0.4 is 0 Å². The van der Waals surface area contributed by atoms with E-state index in [4.69, 9.17) is 4.98 Å². The first-order chi connectivity index (χ1) is 20.9. The van der Waals surface area contributed by atoms with Gasteiger partial charge in [0.2, 0.25) is 0 Å². The summed E-state index contributed by atoms with van der Waals surface area (Å²) in [6.45, 7) is 9.22. The second-order valence-corrected chi connectivity index (χ2v) is 14.4. The number of aryl methyl sites for hydroxylation is 2. The van der Waals surface area contributed by atoms with Crippen molar-refractivity contribution in [1.82, 2.24) is 14.8 Å². The first-order valence-electron chi connectivity index (χ1n) is 16.3. The number of rotatable bonds is 11. The number of benzene rings is 2. The smallest absolute Gasteiger partial charge is 0.320 e. The highest BCUT2D eigenvalue weighted by Crippen LogP contribution is 2.40. The second-order valence-electron chi connectivity index (χ2n) is 13.3. The molecule has 0 amide bonds. The molecule has 1 N–H and O–H groups in total. The summed E-state index contributed by atoms with van der Waals surface area (Å²) in [4.78, 5) is 23.8. The predicted molar refractivity (Wildman–Crippen MR) is 171 cm³/mol. The molecular formula is C36H46FN3O2S. The van der Waals surface area contributed by atoms with Crippen LogP contribution >= 0.6 is 11.3 Å². The summed E-state index contributed by atoms with van der Waals surface area (Å²) >= 11 is 1.85. The lowest BCUT2D eigenvalue weighted by atomic mass is 9.80. The van der Waals surface area contributed by atoms with Crippen LogP contribution in [-0.2, 0) is 17.6 Å². The van der Waals surface area contributed by atoms with Crippen molar-refractivity contribution in [1.29, 1.82) is 0 Å². The minimum Gasteiger partial charge on any atom is -0.480 e. The summed E-state index contributed by atoms with van der Waals surface area (Å²) in [5.74, 6) is 1.06. The van der Waals surface area contributed by atoms with Gasteiger partial charge in [0.25, 0.3) is 0 Å². The maximum Gasteiger partial charge on any atom is 0.320 e. The van der Waals surface area contributed by atoms with Crippen LogP contribution in [0.1, 0.15) is 89.6 Å². The van der Waals surface area contributed by atoms with Gasteiger partial charge < -0.3 is 10.0 Å². The molecule has 3 aliphatic rings. The lowest BCUT2D eigenvalue weighted by Gasteiger charge is -2.35. The third kappa shape index (κ3) is 7.21. The number of halogens is 1. The molecule has 3 fully saturated rings. The first-order valence-corrected chi connectivity index (χ1v) is 17.2. The van der Waals surface area contributed by atoms with Gasteiger partial charge in [-0.25, -0.2) is 9.37 Å². The molecule has 43 heavy (non-hydrogen) atoms. The van der Waals surface area contributed by atoms with Crippen LogP contribution in [0.15, 0.2) is 48.5 Å². The fraction of sp³-hybridized carbons (Fsp3) is 0.556. The van der Waals surface area contributed by atoms with E-state index in [1.54, 1.807) is 0 Å². The maximum absolute atomic E-state index is 13.4. The summed E-state index contributed by atoms with van der Waals surface area (Å²) in [5.41, 5.74) is 4.97. The van der Waals surface area contributed by atoms with E-state index in [-0.39, 0.29) is 11.9 Å². The Labute approximate surface area is 260 Å². The monoisotopic (exact) mass is 603 g/mol. The fourth-order valence-corrected chi connectivity index (χ4v) is 8.98. The molecule has 3 aromatic rings. The zero-order valence-electron chi connectivity index (χ0n) is 25.7. The van der Waals surface area contributed by atoms with Gasteiger partial charge in [-0.15, -0.1) is 11.3 Å². The minimum atomic E-state index is -0.647. The Bertz CT molecular complexity index is 1380. The molecule has 1 saturated carbocycles. The SMILES string of the molecule is CCc1nc(Cc2ccc(F)cc2)sc1C1CCN(CC2CN(C(CC3CCC3)C(=O)O)CC2c2cccc(C)c2)CC1. The third-order valence-corrected chi connectivity index (χ3v) is 11.5. The van der Waals surface area contributed by atoms with Gasteiger partial charge in [0.1, 0.15) is 11.9 Å². The standard InChI is InChI=1S/C36H46FN3O2S/c1-3-32-35(43-34(38-32)20-26-10-12-30(37)13-11-26)27-14-16-39(17-15-27)21-29-22-40(33(36(41)42)19-25-7-5-8-25)23-31(29)28-9-4-6-24(2)18-28/h4,6,9-13,18,25,27,29,31,33H,3,5,7-8,14-17,19-23H2,1-2H3,(H,41,42). The van der Waals surface area contributed by atoms with Crippen molar-refractivity contribution >= 4 is 17.3 Å². The average molecular weight is 604 g/mol. The summed E-state index contributed by atoms with van der Waals surface area (Å²) in [7, 11) is 0. The van der Waals surface area contributed by atoms with Crippen LogP contribution in [-0.4, -0.2) is 64.6 Å². The van der Waals surface area contributed by atoms with Crippen molar-refractivity contribution in [2.24, 2.45) is 11.8 Å². The summed E-state index contributed by atoms with van der Waals surface area (Å²) < 4.78 is 13.4. The van der Waals surface area contributed by atoms with Gasteiger partial charge in [-0.05, 0) is 86.7 Å². The molecule has 2 saturated heterocycles. The van der Waals surface area contributed by atoms with Gasteiger partial charge in [0.05, 0.1) is 10.7 Å². The number of carboxylic acids is 1. The molecule has 6 rings (SSSR count). The molecule has 3 heterocycles. The number of aromatic nitrogens is 1. The van der Waals surface area contributed by atoms with Gasteiger partial charge >= 0.3 is 5.97 Å². The highest BCUT2D eigenvalue weighted by molar-refractivity contribution is 7.11. The highest BCUT2D eigenvalue weighted by Gasteiger charge is 2.41. The highest BCUT2D eigenvalue weighted by atomic mass is 32.1. The van der Waals surface area contributed by atoms with Crippen LogP contribution in [0.3, 0.4) is 0 Å². The molecule has 230 valence electrons. The van der Waals surface area contributed by atoms with E-state index < -0.39 is 5.97 Å². The van der Waals surface area contributed by atoms with Crippen molar-refractivity contribution in [3.05, 3.63) is 86.6 Å². The zero-order chi connectivity index (χ0) is 29.9. The zero-order valence-corrected chi connectivity index (χ0v) is 26.5. The van der Waals surface area contributed by atoms with Crippen molar-refractivity contribution in [3.63, 3.8) is 0 Å². The quantitative estimate of drug-likeness (QED) is 0.250. The number of likely N-dealkylation sites (tertiary alicyclic amines) is 2. The number of aliphatic carboxylic acids is 1.